The van der Waals surface area contributed by atoms with Crippen LogP contribution in [0.1, 0.15) is 10.4 Å². The lowest BCUT2D eigenvalue weighted by Gasteiger charge is -2.09. The monoisotopic (exact) mass is 345 g/mol. The molecule has 1 aromatic heterocycles. The zero-order valence-corrected chi connectivity index (χ0v) is 14.0. The maximum absolute atomic E-state index is 13.2. The standard InChI is InChI=1S/C14H16FNO2S3/c1-11-4-5-12(15)9-14(11)21(17,18)16-6-8-19-10-13-3-2-7-20-13/h2-5,7,9,16H,6,8,10H2,1H3. The fourth-order valence-corrected chi connectivity index (χ4v) is 4.87. The molecule has 7 heteroatoms. The van der Waals surface area contributed by atoms with Gasteiger partial charge in [-0.1, -0.05) is 12.1 Å². The van der Waals surface area contributed by atoms with Crippen LogP contribution in [0.5, 0.6) is 0 Å². The Morgan fingerprint density at radius 1 is 1.33 bits per heavy atom. The predicted octanol–water partition coefficient (Wildman–Crippen LogP) is 3.41. The molecule has 0 unspecified atom stereocenters. The Bertz CT molecular complexity index is 684. The third-order valence-corrected chi connectivity index (χ3v) is 6.47. The van der Waals surface area contributed by atoms with Gasteiger partial charge in [0, 0.05) is 22.9 Å². The molecule has 1 heterocycles. The molecule has 0 radical (unpaired) electrons. The topological polar surface area (TPSA) is 46.2 Å². The molecule has 0 spiro atoms. The minimum atomic E-state index is -3.65. The Morgan fingerprint density at radius 2 is 2.14 bits per heavy atom. The average molecular weight is 345 g/mol. The maximum atomic E-state index is 13.2. The van der Waals surface area contributed by atoms with Crippen LogP contribution >= 0.6 is 23.1 Å². The van der Waals surface area contributed by atoms with Crippen LogP contribution in [0.25, 0.3) is 0 Å². The zero-order chi connectivity index (χ0) is 15.3. The van der Waals surface area contributed by atoms with Gasteiger partial charge in [-0.05, 0) is 36.1 Å². The second-order valence-corrected chi connectivity index (χ2v) is 8.31. The van der Waals surface area contributed by atoms with Gasteiger partial charge < -0.3 is 0 Å². The van der Waals surface area contributed by atoms with Crippen LogP contribution in [0.15, 0.2) is 40.6 Å². The highest BCUT2D eigenvalue weighted by Gasteiger charge is 2.16. The highest BCUT2D eigenvalue weighted by molar-refractivity contribution is 7.98. The summed E-state index contributed by atoms with van der Waals surface area (Å²) < 4.78 is 39.9. The van der Waals surface area contributed by atoms with Gasteiger partial charge in [0.15, 0.2) is 0 Å². The number of hydrogen-bond donors (Lipinski definition) is 1. The highest BCUT2D eigenvalue weighted by atomic mass is 32.2. The minimum Gasteiger partial charge on any atom is -0.210 e. The molecule has 0 aliphatic carbocycles. The van der Waals surface area contributed by atoms with Crippen molar-refractivity contribution in [3.8, 4) is 0 Å². The van der Waals surface area contributed by atoms with E-state index >= 15 is 0 Å². The molecule has 2 rings (SSSR count). The van der Waals surface area contributed by atoms with Gasteiger partial charge in [0.25, 0.3) is 0 Å². The van der Waals surface area contributed by atoms with E-state index in [-0.39, 0.29) is 4.90 Å². The van der Waals surface area contributed by atoms with E-state index in [0.717, 1.165) is 11.8 Å². The smallest absolute Gasteiger partial charge is 0.210 e. The van der Waals surface area contributed by atoms with Crippen LogP contribution in [0, 0.1) is 12.7 Å². The van der Waals surface area contributed by atoms with E-state index in [1.54, 1.807) is 30.0 Å². The fourth-order valence-electron chi connectivity index (χ4n) is 1.76. The summed E-state index contributed by atoms with van der Waals surface area (Å²) in [4.78, 5) is 1.27. The number of rotatable bonds is 7. The van der Waals surface area contributed by atoms with Gasteiger partial charge in [-0.25, -0.2) is 17.5 Å². The van der Waals surface area contributed by atoms with Gasteiger partial charge in [0.05, 0.1) is 4.90 Å². The number of sulfonamides is 1. The SMILES string of the molecule is Cc1ccc(F)cc1S(=O)(=O)NCCSCc1cccs1. The van der Waals surface area contributed by atoms with E-state index in [0.29, 0.717) is 17.9 Å². The van der Waals surface area contributed by atoms with Crippen molar-refractivity contribution >= 4 is 33.1 Å². The quantitative estimate of drug-likeness (QED) is 0.782. The Balaban J connectivity index is 1.85. The number of thioether (sulfide) groups is 1. The van der Waals surface area contributed by atoms with Gasteiger partial charge in [-0.3, -0.25) is 0 Å². The lowest BCUT2D eigenvalue weighted by atomic mass is 10.2. The van der Waals surface area contributed by atoms with Crippen LogP contribution in [0.2, 0.25) is 0 Å². The van der Waals surface area contributed by atoms with Crippen molar-refractivity contribution in [2.24, 2.45) is 0 Å². The van der Waals surface area contributed by atoms with E-state index in [9.17, 15) is 12.8 Å². The Hall–Kier alpha value is -0.890. The first-order valence-corrected chi connectivity index (χ1v) is 9.87. The maximum Gasteiger partial charge on any atom is 0.240 e. The number of nitrogens with one attached hydrogen (secondary N) is 1. The fraction of sp³-hybridized carbons (Fsp3) is 0.286. The number of benzene rings is 1. The first-order valence-electron chi connectivity index (χ1n) is 6.35. The van der Waals surface area contributed by atoms with Gasteiger partial charge >= 0.3 is 0 Å². The molecule has 21 heavy (non-hydrogen) atoms. The lowest BCUT2D eigenvalue weighted by molar-refractivity contribution is 0.579. The summed E-state index contributed by atoms with van der Waals surface area (Å²) >= 11 is 3.35. The Morgan fingerprint density at radius 3 is 2.86 bits per heavy atom. The molecule has 114 valence electrons. The third-order valence-electron chi connectivity index (χ3n) is 2.80. The Labute approximate surface area is 132 Å². The summed E-state index contributed by atoms with van der Waals surface area (Å²) in [6.07, 6.45) is 0. The second-order valence-electron chi connectivity index (χ2n) is 4.44. The summed E-state index contributed by atoms with van der Waals surface area (Å²) in [5.74, 6) is 0.997. The molecule has 0 bridgehead atoms. The normalized spacial score (nSPS) is 11.7. The van der Waals surface area contributed by atoms with E-state index in [1.165, 1.54) is 17.0 Å². The van der Waals surface area contributed by atoms with E-state index in [1.807, 2.05) is 11.4 Å². The average Bonchev–Trinajstić information content (AvgIpc) is 2.94. The third kappa shape index (κ3) is 4.81. The molecular weight excluding hydrogens is 329 g/mol. The Kier molecular flexibility index (Phi) is 5.80. The molecule has 3 nitrogen and oxygen atoms in total. The van der Waals surface area contributed by atoms with E-state index in [4.69, 9.17) is 0 Å². The van der Waals surface area contributed by atoms with E-state index < -0.39 is 15.8 Å². The molecule has 0 fully saturated rings. The van der Waals surface area contributed by atoms with Crippen molar-refractivity contribution in [2.45, 2.75) is 17.6 Å². The molecule has 0 saturated carbocycles. The summed E-state index contributed by atoms with van der Waals surface area (Å²) in [5, 5.41) is 2.02. The van der Waals surface area contributed by atoms with Gasteiger partial charge in [0.2, 0.25) is 10.0 Å². The first-order chi connectivity index (χ1) is 9.99. The second kappa shape index (κ2) is 7.40. The van der Waals surface area contributed by atoms with Crippen molar-refractivity contribution in [1.82, 2.24) is 4.72 Å². The zero-order valence-electron chi connectivity index (χ0n) is 11.5. The molecule has 0 atom stereocenters. The molecule has 0 amide bonds. The number of thiophene rings is 1. The van der Waals surface area contributed by atoms with Crippen molar-refractivity contribution in [2.75, 3.05) is 12.3 Å². The number of hydrogen-bond acceptors (Lipinski definition) is 4. The molecule has 2 aromatic rings. The van der Waals surface area contributed by atoms with Crippen LogP contribution in [-0.4, -0.2) is 20.7 Å². The first kappa shape index (κ1) is 16.5. The molecule has 0 saturated heterocycles. The van der Waals surface area contributed by atoms with E-state index in [2.05, 4.69) is 10.8 Å². The largest absolute Gasteiger partial charge is 0.240 e. The number of aryl methyl sites for hydroxylation is 1. The molecule has 1 aromatic carbocycles. The van der Waals surface area contributed by atoms with Crippen molar-refractivity contribution in [3.63, 3.8) is 0 Å². The summed E-state index contributed by atoms with van der Waals surface area (Å²) in [6, 6.07) is 7.82. The number of halogens is 1. The summed E-state index contributed by atoms with van der Waals surface area (Å²) in [7, 11) is -3.65. The minimum absolute atomic E-state index is 0.00533. The van der Waals surface area contributed by atoms with Crippen molar-refractivity contribution < 1.29 is 12.8 Å². The van der Waals surface area contributed by atoms with Gasteiger partial charge in [0.1, 0.15) is 5.82 Å². The summed E-state index contributed by atoms with van der Waals surface area (Å²) in [6.45, 7) is 1.98. The molecular formula is C14H16FNO2S3. The highest BCUT2D eigenvalue weighted by Crippen LogP contribution is 2.18. The lowest BCUT2D eigenvalue weighted by Crippen LogP contribution is -2.26. The predicted molar refractivity (Wildman–Crippen MR) is 86.8 cm³/mol. The summed E-state index contributed by atoms with van der Waals surface area (Å²) in [5.41, 5.74) is 0.537. The van der Waals surface area contributed by atoms with Gasteiger partial charge in [-0.2, -0.15) is 11.8 Å². The molecule has 1 N–H and O–H groups in total. The van der Waals surface area contributed by atoms with Crippen LogP contribution in [0.4, 0.5) is 4.39 Å². The van der Waals surface area contributed by atoms with Crippen LogP contribution < -0.4 is 4.72 Å². The van der Waals surface area contributed by atoms with Crippen LogP contribution in [0.3, 0.4) is 0 Å². The van der Waals surface area contributed by atoms with Crippen molar-refractivity contribution in [1.29, 1.82) is 0 Å². The molecule has 0 aliphatic rings. The van der Waals surface area contributed by atoms with Gasteiger partial charge in [-0.15, -0.1) is 11.3 Å². The molecule has 0 aliphatic heterocycles. The van der Waals surface area contributed by atoms with Crippen LogP contribution in [-0.2, 0) is 15.8 Å². The van der Waals surface area contributed by atoms with Crippen molar-refractivity contribution in [3.05, 3.63) is 52.0 Å².